The van der Waals surface area contributed by atoms with Crippen LogP contribution in [0.15, 0.2) is 39.3 Å². The average Bonchev–Trinajstić information content (AvgIpc) is 2.43. The van der Waals surface area contributed by atoms with E-state index in [0.29, 0.717) is 6.54 Å². The van der Waals surface area contributed by atoms with Gasteiger partial charge in [0.2, 0.25) is 0 Å². The standard InChI is InChI=1S/C17H18Br2ClNO/c1-10(2)22-17-12(6-13(18)7-15(17)19)9-21-14-5-4-11(3)16(20)8-14/h4-8,10,21H,9H2,1-3H3. The van der Waals surface area contributed by atoms with Crippen molar-refractivity contribution in [3.63, 3.8) is 0 Å². The number of aryl methyl sites for hydroxylation is 1. The Labute approximate surface area is 153 Å². The van der Waals surface area contributed by atoms with Gasteiger partial charge in [-0.3, -0.25) is 0 Å². The van der Waals surface area contributed by atoms with Gasteiger partial charge in [-0.1, -0.05) is 33.6 Å². The SMILES string of the molecule is Cc1ccc(NCc2cc(Br)cc(Br)c2OC(C)C)cc1Cl. The second-order valence-corrected chi connectivity index (χ2v) is 7.54. The van der Waals surface area contributed by atoms with E-state index in [-0.39, 0.29) is 6.10 Å². The van der Waals surface area contributed by atoms with Gasteiger partial charge in [-0.05, 0) is 66.5 Å². The van der Waals surface area contributed by atoms with Crippen LogP contribution in [0.4, 0.5) is 5.69 Å². The number of benzene rings is 2. The number of nitrogens with one attached hydrogen (secondary N) is 1. The van der Waals surface area contributed by atoms with E-state index in [9.17, 15) is 0 Å². The molecule has 2 nitrogen and oxygen atoms in total. The molecule has 0 bridgehead atoms. The van der Waals surface area contributed by atoms with Crippen LogP contribution in [0, 0.1) is 6.92 Å². The molecule has 2 aromatic rings. The van der Waals surface area contributed by atoms with Crippen LogP contribution in [0.3, 0.4) is 0 Å². The number of rotatable bonds is 5. The summed E-state index contributed by atoms with van der Waals surface area (Å²) in [6.45, 7) is 6.68. The van der Waals surface area contributed by atoms with Crippen LogP contribution in [0.5, 0.6) is 5.75 Å². The highest BCUT2D eigenvalue weighted by Gasteiger charge is 2.12. The number of hydrogen-bond acceptors (Lipinski definition) is 2. The van der Waals surface area contributed by atoms with Gasteiger partial charge in [-0.2, -0.15) is 0 Å². The van der Waals surface area contributed by atoms with Gasteiger partial charge in [0, 0.05) is 27.3 Å². The van der Waals surface area contributed by atoms with Crippen molar-refractivity contribution in [3.8, 4) is 5.75 Å². The van der Waals surface area contributed by atoms with Gasteiger partial charge in [0.05, 0.1) is 10.6 Å². The van der Waals surface area contributed by atoms with Crippen LogP contribution in [0.1, 0.15) is 25.0 Å². The first kappa shape index (κ1) is 17.6. The largest absolute Gasteiger partial charge is 0.489 e. The van der Waals surface area contributed by atoms with Crippen LogP contribution in [-0.4, -0.2) is 6.10 Å². The Morgan fingerprint density at radius 3 is 2.55 bits per heavy atom. The molecule has 5 heteroatoms. The van der Waals surface area contributed by atoms with Crippen molar-refractivity contribution in [2.75, 3.05) is 5.32 Å². The van der Waals surface area contributed by atoms with Gasteiger partial charge < -0.3 is 10.1 Å². The summed E-state index contributed by atoms with van der Waals surface area (Å²) >= 11 is 13.3. The van der Waals surface area contributed by atoms with E-state index in [2.05, 4.69) is 43.2 Å². The predicted octanol–water partition coefficient (Wildman–Crippen LogP) is 6.57. The molecule has 0 aromatic heterocycles. The van der Waals surface area contributed by atoms with E-state index in [0.717, 1.165) is 36.5 Å². The summed E-state index contributed by atoms with van der Waals surface area (Å²) in [6.07, 6.45) is 0.116. The summed E-state index contributed by atoms with van der Waals surface area (Å²) in [7, 11) is 0. The Balaban J connectivity index is 2.22. The molecule has 0 fully saturated rings. The van der Waals surface area contributed by atoms with E-state index in [1.165, 1.54) is 0 Å². The van der Waals surface area contributed by atoms with Crippen molar-refractivity contribution in [3.05, 3.63) is 55.4 Å². The molecule has 1 N–H and O–H groups in total. The van der Waals surface area contributed by atoms with Crippen molar-refractivity contribution >= 4 is 49.1 Å². The van der Waals surface area contributed by atoms with Crippen LogP contribution in [0.2, 0.25) is 5.02 Å². The Hall–Kier alpha value is -0.710. The Bertz CT molecular complexity index is 674. The van der Waals surface area contributed by atoms with Gasteiger partial charge in [-0.25, -0.2) is 0 Å². The van der Waals surface area contributed by atoms with E-state index >= 15 is 0 Å². The summed E-state index contributed by atoms with van der Waals surface area (Å²) in [6, 6.07) is 10.0. The molecule has 0 radical (unpaired) electrons. The van der Waals surface area contributed by atoms with Gasteiger partial charge in [0.25, 0.3) is 0 Å². The molecule has 0 aliphatic rings. The first-order valence-corrected chi connectivity index (χ1v) is 8.98. The van der Waals surface area contributed by atoms with Crippen LogP contribution in [-0.2, 0) is 6.54 Å². The van der Waals surface area contributed by atoms with Crippen molar-refractivity contribution in [1.82, 2.24) is 0 Å². The van der Waals surface area contributed by atoms with Crippen LogP contribution in [0.25, 0.3) is 0 Å². The molecule has 0 aliphatic carbocycles. The van der Waals surface area contributed by atoms with E-state index in [4.69, 9.17) is 16.3 Å². The Kier molecular flexibility index (Phi) is 6.18. The third kappa shape index (κ3) is 4.64. The second-order valence-electron chi connectivity index (χ2n) is 5.36. The summed E-state index contributed by atoms with van der Waals surface area (Å²) in [4.78, 5) is 0. The highest BCUT2D eigenvalue weighted by Crippen LogP contribution is 2.34. The van der Waals surface area contributed by atoms with E-state index < -0.39 is 0 Å². The van der Waals surface area contributed by atoms with Crippen molar-refractivity contribution in [2.45, 2.75) is 33.4 Å². The maximum atomic E-state index is 6.17. The molecular formula is C17H18Br2ClNO. The van der Waals surface area contributed by atoms with Crippen LogP contribution >= 0.6 is 43.5 Å². The summed E-state index contributed by atoms with van der Waals surface area (Å²) in [5.74, 6) is 0.865. The molecule has 0 saturated heterocycles. The molecule has 22 heavy (non-hydrogen) atoms. The third-order valence-corrected chi connectivity index (χ3v) is 4.55. The molecule has 2 aromatic carbocycles. The van der Waals surface area contributed by atoms with E-state index in [1.54, 1.807) is 0 Å². The first-order valence-electron chi connectivity index (χ1n) is 7.01. The summed E-state index contributed by atoms with van der Waals surface area (Å²) in [5, 5.41) is 4.15. The predicted molar refractivity (Wildman–Crippen MR) is 101 cm³/mol. The fraction of sp³-hybridized carbons (Fsp3) is 0.294. The lowest BCUT2D eigenvalue weighted by molar-refractivity contribution is 0.238. The minimum absolute atomic E-state index is 0.116. The van der Waals surface area contributed by atoms with Crippen molar-refractivity contribution < 1.29 is 4.74 Å². The summed E-state index contributed by atoms with van der Waals surface area (Å²) in [5.41, 5.74) is 3.13. The van der Waals surface area contributed by atoms with Gasteiger partial charge in [-0.15, -0.1) is 0 Å². The smallest absolute Gasteiger partial charge is 0.138 e. The lowest BCUT2D eigenvalue weighted by atomic mass is 10.2. The maximum Gasteiger partial charge on any atom is 0.138 e. The van der Waals surface area contributed by atoms with Gasteiger partial charge in [0.15, 0.2) is 0 Å². The molecule has 0 saturated carbocycles. The zero-order valence-corrected chi connectivity index (χ0v) is 16.6. The molecular weight excluding hydrogens is 429 g/mol. The Morgan fingerprint density at radius 2 is 1.91 bits per heavy atom. The zero-order valence-electron chi connectivity index (χ0n) is 12.7. The second kappa shape index (κ2) is 7.71. The number of halogens is 3. The minimum atomic E-state index is 0.116. The van der Waals surface area contributed by atoms with Crippen LogP contribution < -0.4 is 10.1 Å². The zero-order chi connectivity index (χ0) is 16.3. The average molecular weight is 448 g/mol. The van der Waals surface area contributed by atoms with Crippen molar-refractivity contribution in [2.24, 2.45) is 0 Å². The molecule has 0 heterocycles. The molecule has 0 amide bonds. The number of anilines is 1. The lowest BCUT2D eigenvalue weighted by Gasteiger charge is -2.17. The Morgan fingerprint density at radius 1 is 1.18 bits per heavy atom. The molecule has 0 atom stereocenters. The monoisotopic (exact) mass is 445 g/mol. The maximum absolute atomic E-state index is 6.17. The summed E-state index contributed by atoms with van der Waals surface area (Å²) < 4.78 is 7.88. The quantitative estimate of drug-likeness (QED) is 0.559. The highest BCUT2D eigenvalue weighted by molar-refractivity contribution is 9.11. The normalized spacial score (nSPS) is 10.9. The molecule has 0 unspecified atom stereocenters. The third-order valence-electron chi connectivity index (χ3n) is 3.09. The fourth-order valence-electron chi connectivity index (χ4n) is 2.01. The van der Waals surface area contributed by atoms with Gasteiger partial charge in [0.1, 0.15) is 5.75 Å². The van der Waals surface area contributed by atoms with E-state index in [1.807, 2.05) is 45.0 Å². The fourth-order valence-corrected chi connectivity index (χ4v) is 3.60. The lowest BCUT2D eigenvalue weighted by Crippen LogP contribution is -2.10. The number of hydrogen-bond donors (Lipinski definition) is 1. The topological polar surface area (TPSA) is 21.3 Å². The minimum Gasteiger partial charge on any atom is -0.489 e. The molecule has 2 rings (SSSR count). The number of ether oxygens (including phenoxy) is 1. The molecule has 0 spiro atoms. The first-order chi connectivity index (χ1) is 10.4. The molecule has 0 aliphatic heterocycles. The van der Waals surface area contributed by atoms with Crippen molar-refractivity contribution in [1.29, 1.82) is 0 Å². The highest BCUT2D eigenvalue weighted by atomic mass is 79.9. The van der Waals surface area contributed by atoms with Gasteiger partial charge >= 0.3 is 0 Å². The molecule has 118 valence electrons.